The van der Waals surface area contributed by atoms with Gasteiger partial charge in [0.15, 0.2) is 12.6 Å². The first-order valence-corrected chi connectivity index (χ1v) is 11.5. The average molecular weight is 495 g/mol. The minimum absolute atomic E-state index is 0.202. The molecular weight excluding hydrogens is 468 g/mol. The molecule has 2 aromatic carbocycles. The standard InChI is InChI=1S/C20H22N4O5.CH4O3S/c1-12(18(26)28-11-17(25)23-2)13-5-9-16(10-6-13)29-19(27)14-3-7-15(8-4-14)24-20(21)22;1-5(2,3)4/h3-10,12H,11H2,1-2H3,(H,23,25)(H4,21,22,24);1H3,(H,2,3,4). The lowest BCUT2D eigenvalue weighted by Crippen LogP contribution is -2.26. The molecule has 6 N–H and O–H groups in total. The molecule has 0 radical (unpaired) electrons. The minimum Gasteiger partial charge on any atom is -0.455 e. The molecule has 0 aliphatic carbocycles. The molecule has 12 nitrogen and oxygen atoms in total. The lowest BCUT2D eigenvalue weighted by molar-refractivity contribution is -0.149. The van der Waals surface area contributed by atoms with Gasteiger partial charge in [0, 0.05) is 12.7 Å². The smallest absolute Gasteiger partial charge is 0.343 e. The third-order valence-corrected chi connectivity index (χ3v) is 3.97. The van der Waals surface area contributed by atoms with Crippen molar-refractivity contribution < 1.29 is 36.8 Å². The number of hydrogen-bond acceptors (Lipinski definition) is 8. The van der Waals surface area contributed by atoms with Crippen molar-refractivity contribution in [1.29, 1.82) is 5.41 Å². The Morgan fingerprint density at radius 3 is 2.09 bits per heavy atom. The zero-order chi connectivity index (χ0) is 25.9. The fourth-order valence-corrected chi connectivity index (χ4v) is 2.31. The van der Waals surface area contributed by atoms with E-state index in [0.717, 1.165) is 0 Å². The summed E-state index contributed by atoms with van der Waals surface area (Å²) < 4.78 is 36.1. The highest BCUT2D eigenvalue weighted by molar-refractivity contribution is 7.85. The van der Waals surface area contributed by atoms with Gasteiger partial charge in [-0.3, -0.25) is 19.6 Å². The first-order valence-electron chi connectivity index (χ1n) is 9.63. The number of guanidine groups is 1. The van der Waals surface area contributed by atoms with Crippen molar-refractivity contribution in [2.75, 3.05) is 25.2 Å². The Morgan fingerprint density at radius 1 is 1.09 bits per heavy atom. The van der Waals surface area contributed by atoms with Crippen LogP contribution in [-0.4, -0.2) is 56.7 Å². The van der Waals surface area contributed by atoms with Crippen LogP contribution in [0.5, 0.6) is 5.75 Å². The Balaban J connectivity index is 0.00000104. The predicted molar refractivity (Wildman–Crippen MR) is 124 cm³/mol. The molecule has 184 valence electrons. The summed E-state index contributed by atoms with van der Waals surface area (Å²) in [6.45, 7) is 1.32. The van der Waals surface area contributed by atoms with Crippen LogP contribution in [0.1, 0.15) is 28.8 Å². The molecule has 0 aliphatic heterocycles. The van der Waals surface area contributed by atoms with E-state index >= 15 is 0 Å². The quantitative estimate of drug-likeness (QED) is 0.122. The number of anilines is 1. The van der Waals surface area contributed by atoms with Crippen molar-refractivity contribution in [1.82, 2.24) is 5.32 Å². The monoisotopic (exact) mass is 494 g/mol. The summed E-state index contributed by atoms with van der Waals surface area (Å²) in [6, 6.07) is 12.7. The summed E-state index contributed by atoms with van der Waals surface area (Å²) in [7, 11) is -2.21. The maximum absolute atomic E-state index is 12.2. The second kappa shape index (κ2) is 12.9. The number of ether oxygens (including phenoxy) is 2. The summed E-state index contributed by atoms with van der Waals surface area (Å²) in [5.41, 5.74) is 6.81. The molecule has 1 amide bonds. The van der Waals surface area contributed by atoms with Crippen LogP contribution < -0.4 is 21.1 Å². The largest absolute Gasteiger partial charge is 0.455 e. The van der Waals surface area contributed by atoms with Gasteiger partial charge in [0.2, 0.25) is 0 Å². The van der Waals surface area contributed by atoms with E-state index in [2.05, 4.69) is 10.6 Å². The van der Waals surface area contributed by atoms with Crippen molar-refractivity contribution in [3.05, 3.63) is 59.7 Å². The van der Waals surface area contributed by atoms with Crippen LogP contribution in [0.15, 0.2) is 48.5 Å². The Labute approximate surface area is 196 Å². The third kappa shape index (κ3) is 11.1. The molecule has 34 heavy (non-hydrogen) atoms. The Kier molecular flexibility index (Phi) is 10.7. The van der Waals surface area contributed by atoms with Gasteiger partial charge in [0.05, 0.1) is 17.7 Å². The van der Waals surface area contributed by atoms with Crippen molar-refractivity contribution in [2.24, 2.45) is 5.73 Å². The number of likely N-dealkylation sites (N-methyl/N-ethyl adjacent to an activating group) is 1. The number of amides is 1. The maximum atomic E-state index is 12.2. The highest BCUT2D eigenvalue weighted by Gasteiger charge is 2.18. The Bertz CT molecular complexity index is 1110. The zero-order valence-corrected chi connectivity index (χ0v) is 19.5. The van der Waals surface area contributed by atoms with Gasteiger partial charge in [0.25, 0.3) is 16.0 Å². The SMILES string of the molecule is CNC(=O)COC(=O)C(C)c1ccc(OC(=O)c2ccc(NC(=N)N)cc2)cc1.CS(=O)(=O)O. The normalized spacial score (nSPS) is 11.2. The number of rotatable bonds is 7. The van der Waals surface area contributed by atoms with E-state index in [1.165, 1.54) is 7.05 Å². The van der Waals surface area contributed by atoms with Crippen molar-refractivity contribution in [3.63, 3.8) is 0 Å². The van der Waals surface area contributed by atoms with Gasteiger partial charge < -0.3 is 25.8 Å². The fraction of sp³-hybridized carbons (Fsp3) is 0.238. The number of esters is 2. The lowest BCUT2D eigenvalue weighted by atomic mass is 10.0. The van der Waals surface area contributed by atoms with Gasteiger partial charge in [-0.15, -0.1) is 0 Å². The molecule has 2 rings (SSSR count). The number of carbonyl (C=O) groups is 3. The molecule has 0 aliphatic rings. The Hall–Kier alpha value is -3.97. The van der Waals surface area contributed by atoms with Gasteiger partial charge in [-0.05, 0) is 48.9 Å². The predicted octanol–water partition coefficient (Wildman–Crippen LogP) is 1.11. The summed E-state index contributed by atoms with van der Waals surface area (Å²) >= 11 is 0. The zero-order valence-electron chi connectivity index (χ0n) is 18.7. The van der Waals surface area contributed by atoms with E-state index in [1.807, 2.05) is 0 Å². The summed E-state index contributed by atoms with van der Waals surface area (Å²) in [5, 5.41) is 12.2. The highest BCUT2D eigenvalue weighted by atomic mass is 32.2. The molecule has 0 spiro atoms. The van der Waals surface area contributed by atoms with Gasteiger partial charge in [-0.2, -0.15) is 8.42 Å². The van der Waals surface area contributed by atoms with E-state index in [9.17, 15) is 22.8 Å². The molecular formula is C21H26N4O8S. The molecule has 0 saturated heterocycles. The second-order valence-corrected chi connectivity index (χ2v) is 8.28. The molecule has 2 aromatic rings. The van der Waals surface area contributed by atoms with Gasteiger partial charge in [-0.1, -0.05) is 12.1 Å². The molecule has 0 aromatic heterocycles. The fourth-order valence-electron chi connectivity index (χ4n) is 2.31. The number of nitrogens with two attached hydrogens (primary N) is 1. The highest BCUT2D eigenvalue weighted by Crippen LogP contribution is 2.21. The van der Waals surface area contributed by atoms with Crippen LogP contribution in [0.3, 0.4) is 0 Å². The van der Waals surface area contributed by atoms with Crippen LogP contribution in [0.4, 0.5) is 5.69 Å². The summed E-state index contributed by atoms with van der Waals surface area (Å²) in [6.07, 6.45) is 0.715. The first kappa shape index (κ1) is 28.1. The molecule has 0 bridgehead atoms. The van der Waals surface area contributed by atoms with E-state index in [4.69, 9.17) is 25.2 Å². The van der Waals surface area contributed by atoms with E-state index in [0.29, 0.717) is 28.8 Å². The first-order chi connectivity index (χ1) is 15.8. The van der Waals surface area contributed by atoms with Crippen LogP contribution in [0, 0.1) is 5.41 Å². The van der Waals surface area contributed by atoms with Crippen molar-refractivity contribution >= 4 is 39.6 Å². The molecule has 1 unspecified atom stereocenters. The number of benzene rings is 2. The molecule has 13 heteroatoms. The maximum Gasteiger partial charge on any atom is 0.343 e. The summed E-state index contributed by atoms with van der Waals surface area (Å²) in [5.74, 6) is -1.94. The number of hydrogen-bond donors (Lipinski definition) is 5. The Morgan fingerprint density at radius 2 is 1.62 bits per heavy atom. The average Bonchev–Trinajstić information content (AvgIpc) is 2.76. The summed E-state index contributed by atoms with van der Waals surface area (Å²) in [4.78, 5) is 35.4. The third-order valence-electron chi connectivity index (χ3n) is 3.97. The number of carbonyl (C=O) groups excluding carboxylic acids is 3. The molecule has 0 saturated carbocycles. The van der Waals surface area contributed by atoms with E-state index in [1.54, 1.807) is 55.5 Å². The van der Waals surface area contributed by atoms with Crippen LogP contribution in [0.2, 0.25) is 0 Å². The molecule has 1 atom stereocenters. The van der Waals surface area contributed by atoms with Crippen LogP contribution in [-0.2, 0) is 24.4 Å². The van der Waals surface area contributed by atoms with Gasteiger partial charge in [-0.25, -0.2) is 4.79 Å². The minimum atomic E-state index is -3.67. The van der Waals surface area contributed by atoms with Gasteiger partial charge >= 0.3 is 11.9 Å². The lowest BCUT2D eigenvalue weighted by Gasteiger charge is -2.12. The van der Waals surface area contributed by atoms with E-state index in [-0.39, 0.29) is 12.6 Å². The van der Waals surface area contributed by atoms with Crippen molar-refractivity contribution in [2.45, 2.75) is 12.8 Å². The van der Waals surface area contributed by atoms with Crippen LogP contribution >= 0.6 is 0 Å². The van der Waals surface area contributed by atoms with Crippen molar-refractivity contribution in [3.8, 4) is 5.75 Å². The van der Waals surface area contributed by atoms with E-state index < -0.39 is 33.9 Å². The number of nitrogens with one attached hydrogen (secondary N) is 3. The molecule has 0 fully saturated rings. The molecule has 0 heterocycles. The van der Waals surface area contributed by atoms with Crippen LogP contribution in [0.25, 0.3) is 0 Å². The van der Waals surface area contributed by atoms with Gasteiger partial charge in [0.1, 0.15) is 5.75 Å². The second-order valence-electron chi connectivity index (χ2n) is 6.81. The topological polar surface area (TPSA) is 198 Å².